The first-order valence-electron chi connectivity index (χ1n) is 8.70. The van der Waals surface area contributed by atoms with Crippen molar-refractivity contribution in [3.63, 3.8) is 0 Å². The van der Waals surface area contributed by atoms with Crippen LogP contribution in [0.1, 0.15) is 12.0 Å². The normalized spacial score (nSPS) is 27.1. The third kappa shape index (κ3) is 3.20. The number of benzene rings is 1. The van der Waals surface area contributed by atoms with E-state index in [4.69, 9.17) is 9.84 Å². The highest BCUT2D eigenvalue weighted by molar-refractivity contribution is 9.10. The molecule has 0 unspecified atom stereocenters. The zero-order chi connectivity index (χ0) is 20.9. The summed E-state index contributed by atoms with van der Waals surface area (Å²) in [5.74, 6) is -3.21. The second-order valence-electron chi connectivity index (χ2n) is 7.02. The number of rotatable bonds is 6. The van der Waals surface area contributed by atoms with E-state index in [2.05, 4.69) is 21.0 Å². The predicted octanol–water partition coefficient (Wildman–Crippen LogP) is 1.96. The summed E-state index contributed by atoms with van der Waals surface area (Å²) in [5, 5.41) is 24.9. The summed E-state index contributed by atoms with van der Waals surface area (Å²) in [5.41, 5.74) is -0.411. The van der Waals surface area contributed by atoms with Crippen molar-refractivity contribution in [3.8, 4) is 5.75 Å². The molecule has 10 nitrogen and oxygen atoms in total. The number of carbonyl (C=O) groups is 3. The average molecular weight is 464 g/mol. The fraction of sp³-hybridized carbons (Fsp3) is 0.333. The molecule has 1 N–H and O–H groups in total. The van der Waals surface area contributed by atoms with Gasteiger partial charge in [0.15, 0.2) is 6.61 Å². The lowest BCUT2D eigenvalue weighted by molar-refractivity contribution is -0.385. The van der Waals surface area contributed by atoms with Crippen molar-refractivity contribution in [1.82, 2.24) is 5.01 Å². The zero-order valence-electron chi connectivity index (χ0n) is 14.7. The lowest BCUT2D eigenvalue weighted by Gasteiger charge is -2.13. The van der Waals surface area contributed by atoms with Crippen molar-refractivity contribution in [2.75, 3.05) is 6.61 Å². The molecular formula is C18H14BrN3O7. The first kappa shape index (κ1) is 19.2. The standard InChI is InChI=1S/C18H14BrN3O7/c19-11-4-10(16(29-7-13(23)24)12(5-11)22(27)28)6-20-21-17(25)14-8-1-2-9(3-8)15(14)18(21)26/h1-2,4-6,8-9,14-15H,3,7H2,(H,23,24)/t8-,9-,14-,15+/m0/s1. The highest BCUT2D eigenvalue weighted by atomic mass is 79.9. The Morgan fingerprint density at radius 2 is 1.93 bits per heavy atom. The zero-order valence-corrected chi connectivity index (χ0v) is 16.3. The van der Waals surface area contributed by atoms with Crippen LogP contribution in [0.2, 0.25) is 0 Å². The van der Waals surface area contributed by atoms with Crippen LogP contribution in [-0.2, 0) is 14.4 Å². The van der Waals surface area contributed by atoms with E-state index in [-0.39, 0.29) is 23.1 Å². The van der Waals surface area contributed by atoms with Gasteiger partial charge in [0.05, 0.1) is 23.0 Å². The molecule has 3 aliphatic rings. The Bertz CT molecular complexity index is 975. The highest BCUT2D eigenvalue weighted by Gasteiger charge is 2.59. The van der Waals surface area contributed by atoms with Gasteiger partial charge in [-0.3, -0.25) is 19.7 Å². The van der Waals surface area contributed by atoms with Crippen LogP contribution in [0.25, 0.3) is 0 Å². The van der Waals surface area contributed by atoms with Crippen LogP contribution in [0.15, 0.2) is 33.9 Å². The van der Waals surface area contributed by atoms with Crippen molar-refractivity contribution in [2.45, 2.75) is 6.42 Å². The van der Waals surface area contributed by atoms with Gasteiger partial charge in [0.1, 0.15) is 0 Å². The number of halogens is 1. The number of hydrogen-bond acceptors (Lipinski definition) is 7. The van der Waals surface area contributed by atoms with Crippen molar-refractivity contribution in [3.05, 3.63) is 44.4 Å². The maximum atomic E-state index is 12.7. The number of nitro benzene ring substituents is 1. The van der Waals surface area contributed by atoms with Gasteiger partial charge in [0, 0.05) is 16.1 Å². The van der Waals surface area contributed by atoms with Crippen molar-refractivity contribution in [2.24, 2.45) is 28.8 Å². The first-order chi connectivity index (χ1) is 13.8. The molecule has 4 atom stereocenters. The van der Waals surface area contributed by atoms with Gasteiger partial charge in [-0.1, -0.05) is 28.1 Å². The summed E-state index contributed by atoms with van der Waals surface area (Å²) in [6.45, 7) is -0.802. The van der Waals surface area contributed by atoms with Gasteiger partial charge >= 0.3 is 11.7 Å². The molecule has 2 fully saturated rings. The number of nitrogens with zero attached hydrogens (tertiary/aromatic N) is 3. The van der Waals surface area contributed by atoms with Crippen LogP contribution < -0.4 is 4.74 Å². The minimum atomic E-state index is -1.31. The summed E-state index contributed by atoms with van der Waals surface area (Å²) in [7, 11) is 0. The lowest BCUT2D eigenvalue weighted by atomic mass is 9.85. The van der Waals surface area contributed by atoms with E-state index in [9.17, 15) is 24.5 Å². The van der Waals surface area contributed by atoms with Crippen molar-refractivity contribution < 1.29 is 29.2 Å². The molecule has 2 bridgehead atoms. The smallest absolute Gasteiger partial charge is 0.341 e. The Labute approximate surface area is 172 Å². The van der Waals surface area contributed by atoms with Crippen LogP contribution in [-0.4, -0.2) is 45.6 Å². The minimum Gasteiger partial charge on any atom is -0.479 e. The Morgan fingerprint density at radius 1 is 1.31 bits per heavy atom. The Kier molecular flexibility index (Phi) is 4.69. The number of carboxylic acids is 1. The predicted molar refractivity (Wildman–Crippen MR) is 101 cm³/mol. The Hall–Kier alpha value is -3.08. The van der Waals surface area contributed by atoms with Gasteiger partial charge < -0.3 is 9.84 Å². The molecule has 0 spiro atoms. The maximum Gasteiger partial charge on any atom is 0.341 e. The van der Waals surface area contributed by atoms with Gasteiger partial charge in [0.2, 0.25) is 5.75 Å². The molecule has 1 aliphatic heterocycles. The number of amides is 2. The second kappa shape index (κ2) is 7.07. The molecule has 150 valence electrons. The number of hydrazone groups is 1. The van der Waals surface area contributed by atoms with E-state index in [0.29, 0.717) is 4.47 Å². The molecular weight excluding hydrogens is 450 g/mol. The molecule has 0 radical (unpaired) electrons. The van der Waals surface area contributed by atoms with Gasteiger partial charge in [-0.2, -0.15) is 10.1 Å². The van der Waals surface area contributed by atoms with Crippen molar-refractivity contribution >= 4 is 45.6 Å². The Morgan fingerprint density at radius 3 is 2.48 bits per heavy atom. The average Bonchev–Trinajstić information content (AvgIpc) is 3.33. The number of fused-ring (bicyclic) bond motifs is 5. The van der Waals surface area contributed by atoms with E-state index in [0.717, 1.165) is 23.7 Å². The van der Waals surface area contributed by atoms with E-state index in [1.165, 1.54) is 6.07 Å². The third-order valence-corrected chi connectivity index (χ3v) is 5.82. The summed E-state index contributed by atoms with van der Waals surface area (Å²) in [4.78, 5) is 46.8. The van der Waals surface area contributed by atoms with Gasteiger partial charge in [-0.25, -0.2) is 4.79 Å². The molecule has 2 aliphatic carbocycles. The van der Waals surface area contributed by atoms with Crippen LogP contribution in [0, 0.1) is 33.8 Å². The number of ether oxygens (including phenoxy) is 1. The summed E-state index contributed by atoms with van der Waals surface area (Å²) in [6.07, 6.45) is 5.80. The number of hydrogen-bond donors (Lipinski definition) is 1. The fourth-order valence-electron chi connectivity index (χ4n) is 4.24. The van der Waals surface area contributed by atoms with Crippen LogP contribution in [0.3, 0.4) is 0 Å². The summed E-state index contributed by atoms with van der Waals surface area (Å²) >= 11 is 3.14. The molecule has 1 saturated carbocycles. The molecule has 2 amide bonds. The van der Waals surface area contributed by atoms with E-state index in [1.54, 1.807) is 0 Å². The SMILES string of the molecule is O=C(O)COc1c(C=NN2C(=O)[C@@H]3[C@H](C2=O)[C@H]2C=C[C@H]3C2)cc(Br)cc1[N+](=O)[O-]. The highest BCUT2D eigenvalue weighted by Crippen LogP contribution is 2.52. The monoisotopic (exact) mass is 463 g/mol. The Balaban J connectivity index is 1.66. The molecule has 1 saturated heterocycles. The summed E-state index contributed by atoms with van der Waals surface area (Å²) < 4.78 is 5.41. The van der Waals surface area contributed by atoms with Crippen LogP contribution >= 0.6 is 15.9 Å². The molecule has 0 aromatic heterocycles. The summed E-state index contributed by atoms with van der Waals surface area (Å²) in [6, 6.07) is 2.58. The van der Waals surface area contributed by atoms with E-state index in [1.807, 2.05) is 12.2 Å². The topological polar surface area (TPSA) is 139 Å². The number of carbonyl (C=O) groups excluding carboxylic acids is 2. The molecule has 4 rings (SSSR count). The van der Waals surface area contributed by atoms with Gasteiger partial charge in [-0.05, 0) is 24.3 Å². The second-order valence-corrected chi connectivity index (χ2v) is 7.93. The maximum absolute atomic E-state index is 12.7. The number of carboxylic acid groups (broad SMARTS) is 1. The number of allylic oxidation sites excluding steroid dienone is 2. The molecule has 11 heteroatoms. The molecule has 1 aromatic rings. The lowest BCUT2D eigenvalue weighted by Crippen LogP contribution is -2.28. The van der Waals surface area contributed by atoms with E-state index < -0.39 is 46.8 Å². The number of nitro groups is 1. The van der Waals surface area contributed by atoms with Gasteiger partial charge in [0.25, 0.3) is 11.8 Å². The van der Waals surface area contributed by atoms with Gasteiger partial charge in [-0.15, -0.1) is 0 Å². The number of aliphatic carboxylic acids is 1. The first-order valence-corrected chi connectivity index (χ1v) is 9.50. The quantitative estimate of drug-likeness (QED) is 0.223. The molecule has 1 aromatic carbocycles. The van der Waals surface area contributed by atoms with Crippen molar-refractivity contribution in [1.29, 1.82) is 0 Å². The number of imide groups is 1. The van der Waals surface area contributed by atoms with Crippen LogP contribution in [0.5, 0.6) is 5.75 Å². The fourth-order valence-corrected chi connectivity index (χ4v) is 4.71. The largest absolute Gasteiger partial charge is 0.479 e. The minimum absolute atomic E-state index is 0.0306. The molecule has 1 heterocycles. The third-order valence-electron chi connectivity index (χ3n) is 5.36. The van der Waals surface area contributed by atoms with E-state index >= 15 is 0 Å². The van der Waals surface area contributed by atoms with Crippen LogP contribution in [0.4, 0.5) is 5.69 Å². The molecule has 29 heavy (non-hydrogen) atoms.